The van der Waals surface area contributed by atoms with Crippen LogP contribution in [0, 0.1) is 0 Å². The van der Waals surface area contributed by atoms with Gasteiger partial charge in [-0.15, -0.1) is 0 Å². The molecule has 1 aromatic heterocycles. The van der Waals surface area contributed by atoms with E-state index in [0.717, 1.165) is 32.6 Å². The van der Waals surface area contributed by atoms with Crippen LogP contribution in [0.5, 0.6) is 0 Å². The first-order valence-corrected chi connectivity index (χ1v) is 14.3. The quantitative estimate of drug-likeness (QED) is 0.216. The van der Waals surface area contributed by atoms with Crippen LogP contribution in [0.3, 0.4) is 0 Å². The Bertz CT molecular complexity index is 1660. The van der Waals surface area contributed by atoms with Crippen molar-refractivity contribution >= 4 is 10.9 Å². The van der Waals surface area contributed by atoms with E-state index in [1.807, 2.05) is 0 Å². The second-order valence-corrected chi connectivity index (χ2v) is 11.0. The van der Waals surface area contributed by atoms with Gasteiger partial charge in [-0.1, -0.05) is 140 Å². The molecule has 6 aromatic rings. The van der Waals surface area contributed by atoms with Crippen molar-refractivity contribution in [3.8, 4) is 0 Å². The molecule has 2 heteroatoms. The maximum absolute atomic E-state index is 2.68. The topological polar surface area (TPSA) is 8.17 Å². The van der Waals surface area contributed by atoms with Gasteiger partial charge in [-0.2, -0.15) is 0 Å². The highest BCUT2D eigenvalue weighted by Crippen LogP contribution is 2.47. The van der Waals surface area contributed by atoms with Gasteiger partial charge in [0.05, 0.1) is 5.41 Å². The number of hydrogen-bond donors (Lipinski definition) is 0. The number of nitrogens with zero attached hydrogens (tertiary/aromatic N) is 2. The summed E-state index contributed by atoms with van der Waals surface area (Å²) in [6, 6.07) is 53.4. The molecule has 0 aliphatic carbocycles. The van der Waals surface area contributed by atoms with Crippen LogP contribution in [0.25, 0.3) is 10.9 Å². The third-order valence-corrected chi connectivity index (χ3v) is 8.58. The summed E-state index contributed by atoms with van der Waals surface area (Å²) < 4.78 is 2.63. The van der Waals surface area contributed by atoms with Gasteiger partial charge >= 0.3 is 0 Å². The van der Waals surface area contributed by atoms with Crippen molar-refractivity contribution in [2.24, 2.45) is 0 Å². The molecule has 2 nitrogen and oxygen atoms in total. The lowest BCUT2D eigenvalue weighted by molar-refractivity contribution is 0.242. The molecule has 0 fully saturated rings. The van der Waals surface area contributed by atoms with E-state index in [1.54, 1.807) is 0 Å². The van der Waals surface area contributed by atoms with Gasteiger partial charge in [0, 0.05) is 42.8 Å². The Morgan fingerprint density at radius 3 is 1.62 bits per heavy atom. The van der Waals surface area contributed by atoms with Crippen molar-refractivity contribution in [1.29, 1.82) is 0 Å². The van der Waals surface area contributed by atoms with E-state index in [9.17, 15) is 0 Å². The van der Waals surface area contributed by atoms with Gasteiger partial charge < -0.3 is 4.57 Å². The highest BCUT2D eigenvalue weighted by Gasteiger charge is 2.44. The predicted octanol–water partition coefficient (Wildman–Crippen LogP) is 8.08. The zero-order valence-corrected chi connectivity index (χ0v) is 22.8. The average molecular weight is 519 g/mol. The molecule has 0 radical (unpaired) electrons. The fourth-order valence-corrected chi connectivity index (χ4v) is 6.85. The molecular weight excluding hydrogens is 484 g/mol. The fourth-order valence-electron chi connectivity index (χ4n) is 6.85. The minimum Gasteiger partial charge on any atom is -0.339 e. The monoisotopic (exact) mass is 518 g/mol. The van der Waals surface area contributed by atoms with Crippen molar-refractivity contribution in [2.45, 2.75) is 24.9 Å². The van der Waals surface area contributed by atoms with Crippen LogP contribution in [0.2, 0.25) is 0 Å². The van der Waals surface area contributed by atoms with Gasteiger partial charge in [0.25, 0.3) is 0 Å². The summed E-state index contributed by atoms with van der Waals surface area (Å²) in [6.45, 7) is 3.70. The lowest BCUT2D eigenvalue weighted by atomic mass is 9.70. The number of hydrogen-bond acceptors (Lipinski definition) is 1. The Morgan fingerprint density at radius 2 is 1.02 bits per heavy atom. The van der Waals surface area contributed by atoms with E-state index in [1.165, 1.54) is 44.4 Å². The lowest BCUT2D eigenvalue weighted by Gasteiger charge is -2.39. The largest absolute Gasteiger partial charge is 0.339 e. The fraction of sp³-hybridized carbons (Fsp3) is 0.158. The Hall–Kier alpha value is -4.40. The van der Waals surface area contributed by atoms with E-state index >= 15 is 0 Å². The third-order valence-electron chi connectivity index (χ3n) is 8.58. The minimum atomic E-state index is -0.336. The van der Waals surface area contributed by atoms with Crippen LogP contribution in [0.4, 0.5) is 0 Å². The molecule has 0 atom stereocenters. The molecule has 5 aromatic carbocycles. The Labute approximate surface area is 237 Å². The summed E-state index contributed by atoms with van der Waals surface area (Å²) in [5.74, 6) is 0. The SMILES string of the molecule is c1ccc(CN2CCc3c(n(Cc4ccccc4)c4ccccc34)C(c3ccccc3)(c3ccccc3)C2)cc1. The molecule has 2 heterocycles. The second-order valence-electron chi connectivity index (χ2n) is 11.0. The van der Waals surface area contributed by atoms with Gasteiger partial charge in [0.2, 0.25) is 0 Å². The number of fused-ring (bicyclic) bond motifs is 3. The molecule has 0 amide bonds. The van der Waals surface area contributed by atoms with E-state index in [0.29, 0.717) is 0 Å². The van der Waals surface area contributed by atoms with Crippen molar-refractivity contribution in [3.05, 3.63) is 179 Å². The van der Waals surface area contributed by atoms with Gasteiger partial charge in [-0.05, 0) is 40.3 Å². The third kappa shape index (κ3) is 4.35. The molecule has 0 spiro atoms. The van der Waals surface area contributed by atoms with Gasteiger partial charge in [-0.3, -0.25) is 4.90 Å². The van der Waals surface area contributed by atoms with Crippen LogP contribution >= 0.6 is 0 Å². The maximum atomic E-state index is 2.68. The van der Waals surface area contributed by atoms with E-state index in [-0.39, 0.29) is 5.41 Å². The first kappa shape index (κ1) is 24.6. The van der Waals surface area contributed by atoms with E-state index in [4.69, 9.17) is 0 Å². The highest BCUT2D eigenvalue weighted by atomic mass is 15.1. The normalized spacial score (nSPS) is 15.0. The minimum absolute atomic E-state index is 0.336. The van der Waals surface area contributed by atoms with Crippen molar-refractivity contribution in [1.82, 2.24) is 9.47 Å². The molecule has 0 saturated heterocycles. The molecule has 0 saturated carbocycles. The van der Waals surface area contributed by atoms with Gasteiger partial charge in [0.15, 0.2) is 0 Å². The van der Waals surface area contributed by atoms with Crippen molar-refractivity contribution in [2.75, 3.05) is 13.1 Å². The van der Waals surface area contributed by atoms with Crippen LogP contribution in [-0.4, -0.2) is 22.6 Å². The zero-order valence-electron chi connectivity index (χ0n) is 22.8. The first-order valence-electron chi connectivity index (χ1n) is 14.3. The highest BCUT2D eigenvalue weighted by molar-refractivity contribution is 5.87. The predicted molar refractivity (Wildman–Crippen MR) is 166 cm³/mol. The summed E-state index contributed by atoms with van der Waals surface area (Å²) in [7, 11) is 0. The summed E-state index contributed by atoms with van der Waals surface area (Å²) in [5, 5.41) is 1.38. The zero-order chi connectivity index (χ0) is 26.8. The molecular formula is C38H34N2. The van der Waals surface area contributed by atoms with E-state index < -0.39 is 0 Å². The smallest absolute Gasteiger partial charge is 0.0734 e. The molecule has 0 N–H and O–H groups in total. The van der Waals surface area contributed by atoms with Gasteiger partial charge in [-0.25, -0.2) is 0 Å². The molecule has 1 aliphatic heterocycles. The molecule has 1 aliphatic rings. The Kier molecular flexibility index (Phi) is 6.55. The summed E-state index contributed by atoms with van der Waals surface area (Å²) in [6.07, 6.45) is 1.02. The van der Waals surface area contributed by atoms with Crippen LogP contribution < -0.4 is 0 Å². The van der Waals surface area contributed by atoms with E-state index in [2.05, 4.69) is 155 Å². The van der Waals surface area contributed by atoms with Crippen LogP contribution in [0.15, 0.2) is 146 Å². The number of rotatable bonds is 6. The molecule has 7 rings (SSSR count). The Balaban J connectivity index is 1.53. The lowest BCUT2D eigenvalue weighted by Crippen LogP contribution is -2.43. The Morgan fingerprint density at radius 1 is 0.525 bits per heavy atom. The molecule has 0 bridgehead atoms. The summed E-state index contributed by atoms with van der Waals surface area (Å²) in [4.78, 5) is 2.68. The standard InChI is InChI=1S/C38H34N2/c1-5-15-30(16-6-1)27-39-26-25-35-34-23-13-14-24-36(34)40(28-31-17-7-2-8-18-31)37(35)38(29-39,32-19-9-3-10-20-32)33-21-11-4-12-22-33/h1-24H,25-29H2. The number of para-hydroxylation sites is 1. The first-order chi connectivity index (χ1) is 19.8. The van der Waals surface area contributed by atoms with Crippen molar-refractivity contribution in [3.63, 3.8) is 0 Å². The molecule has 40 heavy (non-hydrogen) atoms. The van der Waals surface area contributed by atoms with Crippen LogP contribution in [-0.2, 0) is 24.9 Å². The van der Waals surface area contributed by atoms with Crippen LogP contribution in [0.1, 0.15) is 33.5 Å². The second kappa shape index (κ2) is 10.6. The van der Waals surface area contributed by atoms with Crippen molar-refractivity contribution < 1.29 is 0 Å². The number of aromatic nitrogens is 1. The molecule has 0 unspecified atom stereocenters. The maximum Gasteiger partial charge on any atom is 0.0734 e. The molecule has 196 valence electrons. The summed E-state index contributed by atoms with van der Waals surface area (Å²) in [5.41, 5.74) is 9.28. The summed E-state index contributed by atoms with van der Waals surface area (Å²) >= 11 is 0. The number of benzene rings is 5. The van der Waals surface area contributed by atoms with Gasteiger partial charge in [0.1, 0.15) is 0 Å². The average Bonchev–Trinajstić information content (AvgIpc) is 3.22.